The molecule has 3 N–H and O–H groups in total. The fraction of sp³-hybridized carbons (Fsp3) is 0.125. The van der Waals surface area contributed by atoms with E-state index in [4.69, 9.17) is 15.3 Å². The molecule has 34 heavy (non-hydrogen) atoms. The van der Waals surface area contributed by atoms with E-state index < -0.39 is 6.10 Å². The van der Waals surface area contributed by atoms with Crippen molar-refractivity contribution in [3.05, 3.63) is 84.7 Å². The zero-order valence-corrected chi connectivity index (χ0v) is 19.6. The van der Waals surface area contributed by atoms with Crippen LogP contribution < -0.4 is 20.6 Å². The van der Waals surface area contributed by atoms with Gasteiger partial charge >= 0.3 is 0 Å². The molecule has 0 saturated carbocycles. The summed E-state index contributed by atoms with van der Waals surface area (Å²) in [5.41, 5.74) is 0.753. The fourth-order valence-corrected chi connectivity index (χ4v) is 4.93. The van der Waals surface area contributed by atoms with Gasteiger partial charge in [-0.3, -0.25) is 4.79 Å². The number of hydrogen-bond acceptors (Lipinski definition) is 8. The first-order chi connectivity index (χ1) is 16.7. The van der Waals surface area contributed by atoms with Crippen LogP contribution in [0.15, 0.2) is 93.8 Å². The zero-order valence-electron chi connectivity index (χ0n) is 18.0. The molecular formula is C24H21N5O3S2. The summed E-state index contributed by atoms with van der Waals surface area (Å²) in [5.74, 6) is 7.91. The summed E-state index contributed by atoms with van der Waals surface area (Å²) in [6.45, 7) is 0.271. The Morgan fingerprint density at radius 3 is 2.59 bits per heavy atom. The molecule has 2 heterocycles. The van der Waals surface area contributed by atoms with Gasteiger partial charge in [0.1, 0.15) is 6.61 Å². The minimum atomic E-state index is -0.488. The number of rotatable bonds is 7. The van der Waals surface area contributed by atoms with Gasteiger partial charge in [-0.25, -0.2) is 4.68 Å². The largest absolute Gasteiger partial charge is 0.485 e. The van der Waals surface area contributed by atoms with E-state index in [2.05, 4.69) is 15.5 Å². The number of thioether (sulfide) groups is 1. The number of para-hydroxylation sites is 3. The molecule has 1 aliphatic heterocycles. The average molecular weight is 492 g/mol. The lowest BCUT2D eigenvalue weighted by Crippen LogP contribution is -2.27. The maximum absolute atomic E-state index is 12.7. The summed E-state index contributed by atoms with van der Waals surface area (Å²) in [6.07, 6.45) is -0.488. The lowest BCUT2D eigenvalue weighted by atomic mass is 10.2. The summed E-state index contributed by atoms with van der Waals surface area (Å²) in [5, 5.41) is 11.7. The topological polar surface area (TPSA) is 104 Å². The van der Waals surface area contributed by atoms with Crippen LogP contribution in [0.4, 0.5) is 5.69 Å². The minimum absolute atomic E-state index is 0.129. The normalized spacial score (nSPS) is 14.5. The van der Waals surface area contributed by atoms with Crippen molar-refractivity contribution in [2.45, 2.75) is 21.1 Å². The highest BCUT2D eigenvalue weighted by Gasteiger charge is 2.28. The molecule has 1 aliphatic rings. The Bertz CT molecular complexity index is 1300. The number of nitrogen functional groups attached to an aromatic ring is 1. The number of nitrogens with one attached hydrogen (secondary N) is 1. The van der Waals surface area contributed by atoms with Crippen LogP contribution in [0, 0.1) is 0 Å². The van der Waals surface area contributed by atoms with E-state index in [1.807, 2.05) is 78.9 Å². The first-order valence-corrected chi connectivity index (χ1v) is 12.3. The predicted molar refractivity (Wildman–Crippen MR) is 132 cm³/mol. The molecule has 1 amide bonds. The maximum atomic E-state index is 12.7. The van der Waals surface area contributed by atoms with Crippen molar-refractivity contribution in [3.63, 3.8) is 0 Å². The van der Waals surface area contributed by atoms with Crippen LogP contribution >= 0.6 is 23.5 Å². The summed E-state index contributed by atoms with van der Waals surface area (Å²) in [6, 6.07) is 25.1. The molecule has 3 aromatic carbocycles. The smallest absolute Gasteiger partial charge is 0.234 e. The number of aromatic nitrogens is 3. The number of fused-ring (bicyclic) bond motifs is 1. The van der Waals surface area contributed by atoms with Crippen LogP contribution in [0.3, 0.4) is 0 Å². The fourth-order valence-electron chi connectivity index (χ4n) is 3.34. The van der Waals surface area contributed by atoms with Crippen LogP contribution in [0.1, 0.15) is 11.9 Å². The van der Waals surface area contributed by atoms with Crippen LogP contribution in [0.25, 0.3) is 0 Å². The van der Waals surface area contributed by atoms with E-state index in [-0.39, 0.29) is 18.3 Å². The molecular weight excluding hydrogens is 470 g/mol. The highest BCUT2D eigenvalue weighted by molar-refractivity contribution is 8.00. The summed E-state index contributed by atoms with van der Waals surface area (Å²) < 4.78 is 13.0. The van der Waals surface area contributed by atoms with Crippen molar-refractivity contribution >= 4 is 35.1 Å². The van der Waals surface area contributed by atoms with Gasteiger partial charge in [0, 0.05) is 9.79 Å². The van der Waals surface area contributed by atoms with Gasteiger partial charge < -0.3 is 20.6 Å². The molecule has 1 aromatic heterocycles. The van der Waals surface area contributed by atoms with Crippen molar-refractivity contribution in [1.82, 2.24) is 14.9 Å². The van der Waals surface area contributed by atoms with Crippen LogP contribution in [-0.4, -0.2) is 33.1 Å². The first-order valence-electron chi connectivity index (χ1n) is 10.5. The molecule has 10 heteroatoms. The van der Waals surface area contributed by atoms with E-state index in [0.29, 0.717) is 22.5 Å². The van der Waals surface area contributed by atoms with Gasteiger partial charge in [0.05, 0.1) is 11.4 Å². The third-order valence-corrected chi connectivity index (χ3v) is 6.98. The number of anilines is 1. The number of carbonyl (C=O) groups is 1. The van der Waals surface area contributed by atoms with Gasteiger partial charge in [-0.15, -0.1) is 10.2 Å². The predicted octanol–water partition coefficient (Wildman–Crippen LogP) is 4.39. The Morgan fingerprint density at radius 1 is 1.00 bits per heavy atom. The zero-order chi connectivity index (χ0) is 23.3. The maximum Gasteiger partial charge on any atom is 0.234 e. The van der Waals surface area contributed by atoms with Crippen molar-refractivity contribution < 1.29 is 14.3 Å². The molecule has 8 nitrogen and oxygen atoms in total. The molecule has 1 atom stereocenters. The summed E-state index contributed by atoms with van der Waals surface area (Å²) in [4.78, 5) is 14.7. The number of hydrogen-bond donors (Lipinski definition) is 2. The lowest BCUT2D eigenvalue weighted by Gasteiger charge is -2.25. The van der Waals surface area contributed by atoms with Crippen molar-refractivity contribution in [3.8, 4) is 11.5 Å². The Balaban J connectivity index is 1.21. The van der Waals surface area contributed by atoms with E-state index in [1.54, 1.807) is 11.8 Å². The number of carbonyl (C=O) groups excluding carboxylic acids is 1. The third-order valence-electron chi connectivity index (χ3n) is 4.95. The number of nitrogens with two attached hydrogens (primary N) is 1. The molecule has 172 valence electrons. The average Bonchev–Trinajstić information content (AvgIpc) is 3.24. The molecule has 0 spiro atoms. The number of nitrogens with zero attached hydrogens (tertiary/aromatic N) is 3. The third kappa shape index (κ3) is 4.97. The summed E-state index contributed by atoms with van der Waals surface area (Å²) in [7, 11) is 0. The van der Waals surface area contributed by atoms with Crippen molar-refractivity contribution in [1.29, 1.82) is 0 Å². The lowest BCUT2D eigenvalue weighted by molar-refractivity contribution is -0.113. The molecule has 5 rings (SSSR count). The molecule has 4 aromatic rings. The van der Waals surface area contributed by atoms with E-state index in [0.717, 1.165) is 15.5 Å². The second kappa shape index (κ2) is 10.1. The molecule has 0 bridgehead atoms. The van der Waals surface area contributed by atoms with E-state index in [9.17, 15) is 4.79 Å². The van der Waals surface area contributed by atoms with E-state index in [1.165, 1.54) is 16.4 Å². The van der Waals surface area contributed by atoms with Crippen LogP contribution in [-0.2, 0) is 4.79 Å². The van der Waals surface area contributed by atoms with Gasteiger partial charge in [0.25, 0.3) is 0 Å². The Kier molecular flexibility index (Phi) is 6.59. The van der Waals surface area contributed by atoms with E-state index >= 15 is 0 Å². The highest BCUT2D eigenvalue weighted by Crippen LogP contribution is 2.36. The Morgan fingerprint density at radius 2 is 1.74 bits per heavy atom. The number of amides is 1. The van der Waals surface area contributed by atoms with Gasteiger partial charge in [-0.2, -0.15) is 0 Å². The van der Waals surface area contributed by atoms with Crippen molar-refractivity contribution in [2.75, 3.05) is 23.5 Å². The molecule has 0 unspecified atom stereocenters. The standard InChI is InChI=1S/C24H21N5O3S2/c25-29-23(20-14-31-18-11-5-6-12-19(18)32-20)27-28-24(29)33-15-22(30)26-17-10-4-7-13-21(17)34-16-8-2-1-3-9-16/h1-13,20H,14-15,25H2,(H,26,30)/t20-/m1/s1. The van der Waals surface area contributed by atoms with Gasteiger partial charge in [0.2, 0.25) is 11.1 Å². The van der Waals surface area contributed by atoms with Crippen LogP contribution in [0.5, 0.6) is 11.5 Å². The first kappa shape index (κ1) is 22.2. The molecule has 0 fully saturated rings. The second-order valence-electron chi connectivity index (χ2n) is 7.32. The molecule has 0 aliphatic carbocycles. The SMILES string of the molecule is Nn1c(SCC(=O)Nc2ccccc2Sc2ccccc2)nnc1[C@H]1COc2ccccc2O1. The Labute approximate surface area is 204 Å². The number of ether oxygens (including phenoxy) is 2. The summed E-state index contributed by atoms with van der Waals surface area (Å²) >= 11 is 2.80. The van der Waals surface area contributed by atoms with Crippen molar-refractivity contribution in [2.24, 2.45) is 0 Å². The monoisotopic (exact) mass is 491 g/mol. The van der Waals surface area contributed by atoms with Gasteiger partial charge in [-0.05, 0) is 36.4 Å². The Hall–Kier alpha value is -3.63. The quantitative estimate of drug-likeness (QED) is 0.290. The van der Waals surface area contributed by atoms with Gasteiger partial charge in [0.15, 0.2) is 23.4 Å². The van der Waals surface area contributed by atoms with Crippen LogP contribution in [0.2, 0.25) is 0 Å². The molecule has 0 saturated heterocycles. The highest BCUT2D eigenvalue weighted by atomic mass is 32.2. The molecule has 0 radical (unpaired) electrons. The second-order valence-corrected chi connectivity index (χ2v) is 9.38. The minimum Gasteiger partial charge on any atom is -0.485 e. The van der Waals surface area contributed by atoms with Gasteiger partial charge in [-0.1, -0.05) is 66.0 Å². The number of benzene rings is 3.